The number of rotatable bonds is 3. The number of aromatic nitrogens is 3. The van der Waals surface area contributed by atoms with E-state index >= 15 is 0 Å². The Hall–Kier alpha value is -1.88. The van der Waals surface area contributed by atoms with Gasteiger partial charge in [0.15, 0.2) is 0 Å². The monoisotopic (exact) mass is 303 g/mol. The number of pyridine rings is 1. The molecular weight excluding hydrogens is 286 g/mol. The number of hydrogen-bond donors (Lipinski definition) is 1. The molecule has 110 valence electrons. The summed E-state index contributed by atoms with van der Waals surface area (Å²) in [4.78, 5) is 15.0. The van der Waals surface area contributed by atoms with Gasteiger partial charge in [-0.2, -0.15) is 0 Å². The van der Waals surface area contributed by atoms with E-state index in [9.17, 15) is 0 Å². The van der Waals surface area contributed by atoms with Crippen LogP contribution in [0.2, 0.25) is 5.02 Å². The second-order valence-electron chi connectivity index (χ2n) is 5.26. The fraction of sp³-hybridized carbons (Fsp3) is 0.400. The summed E-state index contributed by atoms with van der Waals surface area (Å²) >= 11 is 6.08. The minimum absolute atomic E-state index is 0.387. The number of nitrogens with one attached hydrogen (secondary N) is 1. The third-order valence-corrected chi connectivity index (χ3v) is 3.98. The van der Waals surface area contributed by atoms with Crippen LogP contribution in [0, 0.1) is 6.92 Å². The standard InChI is InChI=1S/C15H18ClN5/c1-11-3-2-4-14(19-11)21-7-5-12(6-8-21)20-15-13(16)9-17-10-18-15/h2-4,9-10,12H,5-8H2,1H3,(H,17,18,20). The highest BCUT2D eigenvalue weighted by Gasteiger charge is 2.20. The van der Waals surface area contributed by atoms with Gasteiger partial charge in [0, 0.05) is 24.8 Å². The average Bonchev–Trinajstić information content (AvgIpc) is 2.50. The highest BCUT2D eigenvalue weighted by molar-refractivity contribution is 6.32. The van der Waals surface area contributed by atoms with Gasteiger partial charge < -0.3 is 10.2 Å². The Morgan fingerprint density at radius 1 is 1.29 bits per heavy atom. The highest BCUT2D eigenvalue weighted by Crippen LogP contribution is 2.23. The molecule has 0 spiro atoms. The summed E-state index contributed by atoms with van der Waals surface area (Å²) < 4.78 is 0. The van der Waals surface area contributed by atoms with Gasteiger partial charge in [-0.15, -0.1) is 0 Å². The number of piperidine rings is 1. The predicted octanol–water partition coefficient (Wildman–Crippen LogP) is 2.91. The first-order valence-corrected chi connectivity index (χ1v) is 7.51. The molecule has 6 heteroatoms. The maximum absolute atomic E-state index is 6.08. The van der Waals surface area contributed by atoms with E-state index in [-0.39, 0.29) is 0 Å². The van der Waals surface area contributed by atoms with Crippen molar-refractivity contribution >= 4 is 23.2 Å². The molecule has 1 fully saturated rings. The van der Waals surface area contributed by atoms with Gasteiger partial charge in [-0.05, 0) is 31.9 Å². The van der Waals surface area contributed by atoms with E-state index in [2.05, 4.69) is 37.3 Å². The van der Waals surface area contributed by atoms with Gasteiger partial charge in [0.2, 0.25) is 0 Å². The molecule has 3 heterocycles. The fourth-order valence-electron chi connectivity index (χ4n) is 2.57. The summed E-state index contributed by atoms with van der Waals surface area (Å²) in [5, 5.41) is 3.97. The van der Waals surface area contributed by atoms with Crippen LogP contribution in [-0.2, 0) is 0 Å². The van der Waals surface area contributed by atoms with Crippen molar-refractivity contribution in [3.8, 4) is 0 Å². The van der Waals surface area contributed by atoms with Crippen molar-refractivity contribution in [3.05, 3.63) is 41.4 Å². The van der Waals surface area contributed by atoms with Gasteiger partial charge in [0.1, 0.15) is 23.0 Å². The Labute approximate surface area is 129 Å². The zero-order chi connectivity index (χ0) is 14.7. The van der Waals surface area contributed by atoms with Crippen molar-refractivity contribution in [2.24, 2.45) is 0 Å². The molecule has 0 bridgehead atoms. The number of anilines is 2. The van der Waals surface area contributed by atoms with E-state index in [4.69, 9.17) is 11.6 Å². The van der Waals surface area contributed by atoms with Crippen molar-refractivity contribution in [1.82, 2.24) is 15.0 Å². The van der Waals surface area contributed by atoms with E-state index < -0.39 is 0 Å². The SMILES string of the molecule is Cc1cccc(N2CCC(Nc3ncncc3Cl)CC2)n1. The first kappa shape index (κ1) is 14.1. The van der Waals surface area contributed by atoms with E-state index in [1.54, 1.807) is 6.20 Å². The lowest BCUT2D eigenvalue weighted by atomic mass is 10.1. The highest BCUT2D eigenvalue weighted by atomic mass is 35.5. The molecule has 2 aromatic heterocycles. The van der Waals surface area contributed by atoms with E-state index in [0.717, 1.165) is 43.3 Å². The van der Waals surface area contributed by atoms with Gasteiger partial charge in [-0.3, -0.25) is 0 Å². The quantitative estimate of drug-likeness (QED) is 0.945. The summed E-state index contributed by atoms with van der Waals surface area (Å²) in [5.41, 5.74) is 1.06. The van der Waals surface area contributed by atoms with Crippen LogP contribution in [0.25, 0.3) is 0 Å². The summed E-state index contributed by atoms with van der Waals surface area (Å²) in [6.07, 6.45) is 5.20. The first-order valence-electron chi connectivity index (χ1n) is 7.13. The molecule has 0 aromatic carbocycles. The maximum atomic E-state index is 6.08. The molecule has 0 aliphatic carbocycles. The zero-order valence-corrected chi connectivity index (χ0v) is 12.7. The van der Waals surface area contributed by atoms with Crippen LogP contribution in [0.5, 0.6) is 0 Å². The fourth-order valence-corrected chi connectivity index (χ4v) is 2.73. The molecule has 1 aliphatic heterocycles. The molecule has 0 amide bonds. The van der Waals surface area contributed by atoms with Crippen LogP contribution in [0.1, 0.15) is 18.5 Å². The number of nitrogens with zero attached hydrogens (tertiary/aromatic N) is 4. The van der Waals surface area contributed by atoms with Crippen LogP contribution in [0.3, 0.4) is 0 Å². The van der Waals surface area contributed by atoms with Gasteiger partial charge in [0.25, 0.3) is 0 Å². The molecule has 1 aliphatic rings. The molecule has 1 N–H and O–H groups in total. The molecular formula is C15H18ClN5. The van der Waals surface area contributed by atoms with Crippen LogP contribution in [-0.4, -0.2) is 34.1 Å². The normalized spacial score (nSPS) is 16.0. The van der Waals surface area contributed by atoms with Crippen molar-refractivity contribution in [2.75, 3.05) is 23.3 Å². The van der Waals surface area contributed by atoms with Gasteiger partial charge >= 0.3 is 0 Å². The number of halogens is 1. The lowest BCUT2D eigenvalue weighted by molar-refractivity contribution is 0.522. The molecule has 21 heavy (non-hydrogen) atoms. The largest absolute Gasteiger partial charge is 0.366 e. The Morgan fingerprint density at radius 3 is 2.81 bits per heavy atom. The summed E-state index contributed by atoms with van der Waals surface area (Å²) in [7, 11) is 0. The molecule has 3 rings (SSSR count). The number of aryl methyl sites for hydroxylation is 1. The Bertz CT molecular complexity index is 611. The predicted molar refractivity (Wildman–Crippen MR) is 84.9 cm³/mol. The summed E-state index contributed by atoms with van der Waals surface area (Å²) in [6, 6.07) is 6.54. The third kappa shape index (κ3) is 3.42. The maximum Gasteiger partial charge on any atom is 0.148 e. The first-order chi connectivity index (χ1) is 10.2. The minimum atomic E-state index is 0.387. The smallest absolute Gasteiger partial charge is 0.148 e. The third-order valence-electron chi connectivity index (χ3n) is 3.70. The topological polar surface area (TPSA) is 53.9 Å². The van der Waals surface area contributed by atoms with Gasteiger partial charge in [0.05, 0.1) is 6.20 Å². The molecule has 0 radical (unpaired) electrons. The second-order valence-corrected chi connectivity index (χ2v) is 5.67. The summed E-state index contributed by atoms with van der Waals surface area (Å²) in [5.74, 6) is 1.78. The van der Waals surface area contributed by atoms with Crippen molar-refractivity contribution in [3.63, 3.8) is 0 Å². The molecule has 0 unspecified atom stereocenters. The van der Waals surface area contributed by atoms with Crippen LogP contribution in [0.4, 0.5) is 11.6 Å². The van der Waals surface area contributed by atoms with Crippen molar-refractivity contribution in [1.29, 1.82) is 0 Å². The summed E-state index contributed by atoms with van der Waals surface area (Å²) in [6.45, 7) is 3.99. The second kappa shape index (κ2) is 6.26. The average molecular weight is 304 g/mol. The lowest BCUT2D eigenvalue weighted by Crippen LogP contribution is -2.39. The Morgan fingerprint density at radius 2 is 2.10 bits per heavy atom. The number of hydrogen-bond acceptors (Lipinski definition) is 5. The molecule has 5 nitrogen and oxygen atoms in total. The molecule has 0 atom stereocenters. The molecule has 0 saturated carbocycles. The van der Waals surface area contributed by atoms with Crippen LogP contribution >= 0.6 is 11.6 Å². The van der Waals surface area contributed by atoms with E-state index in [1.165, 1.54) is 6.33 Å². The zero-order valence-electron chi connectivity index (χ0n) is 12.0. The van der Waals surface area contributed by atoms with Crippen LogP contribution in [0.15, 0.2) is 30.7 Å². The van der Waals surface area contributed by atoms with Gasteiger partial charge in [-0.1, -0.05) is 17.7 Å². The molecule has 1 saturated heterocycles. The Balaban J connectivity index is 1.59. The van der Waals surface area contributed by atoms with Crippen LogP contribution < -0.4 is 10.2 Å². The van der Waals surface area contributed by atoms with Gasteiger partial charge in [-0.25, -0.2) is 15.0 Å². The van der Waals surface area contributed by atoms with E-state index in [0.29, 0.717) is 11.1 Å². The lowest BCUT2D eigenvalue weighted by Gasteiger charge is -2.33. The Kier molecular flexibility index (Phi) is 4.20. The van der Waals surface area contributed by atoms with E-state index in [1.807, 2.05) is 13.0 Å². The van der Waals surface area contributed by atoms with Crippen molar-refractivity contribution < 1.29 is 0 Å². The minimum Gasteiger partial charge on any atom is -0.366 e. The van der Waals surface area contributed by atoms with Crippen molar-refractivity contribution in [2.45, 2.75) is 25.8 Å². The molecule has 2 aromatic rings.